The lowest BCUT2D eigenvalue weighted by molar-refractivity contribution is -0.135. The molecule has 9 heteroatoms. The van der Waals surface area contributed by atoms with Gasteiger partial charge in [-0.2, -0.15) is 9.90 Å². The highest BCUT2D eigenvalue weighted by molar-refractivity contribution is 6.92. The standard InChI is InChI=1S/C9H10O2.3C2H4O2.H3P/c1-7-3-5-9(6-4-7)11-8(2)10;3*1-2(3)4;/h3-6H,1-2H3;3*1H3,(H,3,4);1H3. The first kappa shape index (κ1) is 29.5. The summed E-state index contributed by atoms with van der Waals surface area (Å²) in [5, 5.41) is 22.2. The summed E-state index contributed by atoms with van der Waals surface area (Å²) in [5.74, 6) is -2.18. The molecule has 1 rings (SSSR count). The monoisotopic (exact) mass is 364 g/mol. The van der Waals surface area contributed by atoms with Crippen LogP contribution in [-0.4, -0.2) is 39.2 Å². The van der Waals surface area contributed by atoms with E-state index in [0.29, 0.717) is 5.75 Å². The van der Waals surface area contributed by atoms with Crippen molar-refractivity contribution in [2.75, 3.05) is 0 Å². The maximum absolute atomic E-state index is 10.5. The Morgan fingerprint density at radius 3 is 1.21 bits per heavy atom. The molecule has 0 radical (unpaired) electrons. The molecule has 1 atom stereocenters. The second kappa shape index (κ2) is 18.6. The molecule has 0 bridgehead atoms. The summed E-state index contributed by atoms with van der Waals surface area (Å²) in [6, 6.07) is 7.35. The molecule has 1 unspecified atom stereocenters. The fourth-order valence-electron chi connectivity index (χ4n) is 0.772. The molecule has 0 fully saturated rings. The second-order valence-corrected chi connectivity index (χ2v) is 3.96. The molecule has 0 aliphatic carbocycles. The van der Waals surface area contributed by atoms with Crippen molar-refractivity contribution < 1.29 is 39.2 Å². The van der Waals surface area contributed by atoms with Gasteiger partial charge in [0.15, 0.2) is 0 Å². The van der Waals surface area contributed by atoms with E-state index in [1.54, 1.807) is 12.1 Å². The number of aliphatic carboxylic acids is 3. The van der Waals surface area contributed by atoms with Crippen LogP contribution in [0.2, 0.25) is 0 Å². The minimum Gasteiger partial charge on any atom is -0.481 e. The highest BCUT2D eigenvalue weighted by atomic mass is 31.0. The fourth-order valence-corrected chi connectivity index (χ4v) is 0.772. The topological polar surface area (TPSA) is 138 Å². The number of ether oxygens (including phenoxy) is 1. The van der Waals surface area contributed by atoms with E-state index in [4.69, 9.17) is 34.4 Å². The lowest BCUT2D eigenvalue weighted by Gasteiger charge is -1.99. The molecule has 0 saturated heterocycles. The van der Waals surface area contributed by atoms with E-state index in [0.717, 1.165) is 26.3 Å². The third-order valence-corrected chi connectivity index (χ3v) is 1.28. The van der Waals surface area contributed by atoms with Crippen LogP contribution in [0.3, 0.4) is 0 Å². The largest absolute Gasteiger partial charge is 0.481 e. The number of benzene rings is 1. The van der Waals surface area contributed by atoms with Gasteiger partial charge in [0.1, 0.15) is 5.75 Å². The first-order valence-corrected chi connectivity index (χ1v) is 6.22. The molecule has 0 amide bonds. The Labute approximate surface area is 144 Å². The van der Waals surface area contributed by atoms with Crippen molar-refractivity contribution in [2.24, 2.45) is 0 Å². The number of esters is 1. The first-order valence-electron chi connectivity index (χ1n) is 6.22. The lowest BCUT2D eigenvalue weighted by atomic mass is 10.2. The Morgan fingerprint density at radius 2 is 1.00 bits per heavy atom. The van der Waals surface area contributed by atoms with Gasteiger partial charge in [-0.1, -0.05) is 17.7 Å². The van der Waals surface area contributed by atoms with Crippen molar-refractivity contribution >= 4 is 33.8 Å². The zero-order valence-electron chi connectivity index (χ0n) is 14.4. The van der Waals surface area contributed by atoms with Crippen LogP contribution >= 0.6 is 9.90 Å². The van der Waals surface area contributed by atoms with Gasteiger partial charge in [-0.15, -0.1) is 0 Å². The quantitative estimate of drug-likeness (QED) is 0.392. The zero-order valence-corrected chi connectivity index (χ0v) is 15.8. The smallest absolute Gasteiger partial charge is 0.308 e. The number of rotatable bonds is 1. The van der Waals surface area contributed by atoms with Gasteiger partial charge in [0, 0.05) is 27.7 Å². The Bertz CT molecular complexity index is 456. The van der Waals surface area contributed by atoms with Gasteiger partial charge in [0.2, 0.25) is 0 Å². The number of carbonyl (C=O) groups excluding carboxylic acids is 1. The van der Waals surface area contributed by atoms with Crippen LogP contribution < -0.4 is 4.74 Å². The van der Waals surface area contributed by atoms with Gasteiger partial charge in [-0.05, 0) is 19.1 Å². The van der Waals surface area contributed by atoms with Gasteiger partial charge in [0.05, 0.1) is 0 Å². The first-order chi connectivity index (χ1) is 10.4. The molecule has 1 aromatic rings. The molecule has 3 N–H and O–H groups in total. The molecule has 0 saturated carbocycles. The number of hydrogen-bond acceptors (Lipinski definition) is 5. The van der Waals surface area contributed by atoms with Crippen molar-refractivity contribution in [3.05, 3.63) is 29.8 Å². The van der Waals surface area contributed by atoms with E-state index >= 15 is 0 Å². The predicted molar refractivity (Wildman–Crippen MR) is 93.5 cm³/mol. The van der Waals surface area contributed by atoms with E-state index in [2.05, 4.69) is 0 Å². The molecular formula is C15H25O8P. The van der Waals surface area contributed by atoms with Crippen LogP contribution in [-0.2, 0) is 19.2 Å². The van der Waals surface area contributed by atoms with Gasteiger partial charge >= 0.3 is 5.97 Å². The maximum atomic E-state index is 10.5. The number of carboxylic acid groups (broad SMARTS) is 3. The summed E-state index contributed by atoms with van der Waals surface area (Å²) < 4.78 is 4.83. The average molecular weight is 364 g/mol. The van der Waals surface area contributed by atoms with Crippen LogP contribution in [0, 0.1) is 6.92 Å². The van der Waals surface area contributed by atoms with Crippen LogP contribution in [0.15, 0.2) is 24.3 Å². The Morgan fingerprint density at radius 1 is 0.750 bits per heavy atom. The summed E-state index contributed by atoms with van der Waals surface area (Å²) in [4.78, 5) is 37.5. The van der Waals surface area contributed by atoms with Gasteiger partial charge < -0.3 is 20.1 Å². The fraction of sp³-hybridized carbons (Fsp3) is 0.333. The van der Waals surface area contributed by atoms with E-state index in [1.807, 2.05) is 19.1 Å². The van der Waals surface area contributed by atoms with Crippen molar-refractivity contribution in [1.29, 1.82) is 0 Å². The van der Waals surface area contributed by atoms with Crippen LogP contribution in [0.4, 0.5) is 0 Å². The van der Waals surface area contributed by atoms with Crippen LogP contribution in [0.5, 0.6) is 5.75 Å². The molecular weight excluding hydrogens is 339 g/mol. The third-order valence-electron chi connectivity index (χ3n) is 1.28. The highest BCUT2D eigenvalue weighted by Gasteiger charge is 1.94. The van der Waals surface area contributed by atoms with E-state index in [1.165, 1.54) is 6.92 Å². The SMILES string of the molecule is CC(=O)O.CC(=O)O.CC(=O)O.CC(=O)Oc1ccc(C)cc1.P. The second-order valence-electron chi connectivity index (χ2n) is 3.96. The van der Waals surface area contributed by atoms with E-state index in [-0.39, 0.29) is 15.9 Å². The number of aryl methyl sites for hydroxylation is 1. The Balaban J connectivity index is -0.000000130. The summed E-state index contributed by atoms with van der Waals surface area (Å²) in [6.07, 6.45) is 0. The molecule has 0 aromatic heterocycles. The molecule has 0 aliphatic heterocycles. The van der Waals surface area contributed by atoms with E-state index in [9.17, 15) is 4.79 Å². The predicted octanol–water partition coefficient (Wildman–Crippen LogP) is 2.25. The van der Waals surface area contributed by atoms with Gasteiger partial charge in [0.25, 0.3) is 17.9 Å². The van der Waals surface area contributed by atoms with Crippen LogP contribution in [0.25, 0.3) is 0 Å². The third kappa shape index (κ3) is 50.4. The van der Waals surface area contributed by atoms with Gasteiger partial charge in [-0.25, -0.2) is 0 Å². The Kier molecular flexibility index (Phi) is 22.9. The summed E-state index contributed by atoms with van der Waals surface area (Å²) in [5.41, 5.74) is 1.15. The minimum atomic E-state index is -0.833. The normalized spacial score (nSPS) is 7.38. The van der Waals surface area contributed by atoms with Crippen LogP contribution in [0.1, 0.15) is 33.3 Å². The minimum absolute atomic E-state index is 0. The molecule has 0 heterocycles. The van der Waals surface area contributed by atoms with E-state index < -0.39 is 17.9 Å². The van der Waals surface area contributed by atoms with Crippen molar-refractivity contribution in [3.63, 3.8) is 0 Å². The Hall–Kier alpha value is -2.47. The summed E-state index contributed by atoms with van der Waals surface area (Å²) in [6.45, 7) is 6.62. The maximum Gasteiger partial charge on any atom is 0.308 e. The molecule has 24 heavy (non-hydrogen) atoms. The molecule has 1 aromatic carbocycles. The lowest BCUT2D eigenvalue weighted by Crippen LogP contribution is -2.00. The summed E-state index contributed by atoms with van der Waals surface area (Å²) in [7, 11) is 0. The molecule has 0 spiro atoms. The van der Waals surface area contributed by atoms with Crippen molar-refractivity contribution in [2.45, 2.75) is 34.6 Å². The number of carboxylic acids is 3. The highest BCUT2D eigenvalue weighted by Crippen LogP contribution is 2.10. The molecule has 138 valence electrons. The van der Waals surface area contributed by atoms with Gasteiger partial charge in [-0.3, -0.25) is 19.2 Å². The molecule has 0 aliphatic rings. The molecule has 8 nitrogen and oxygen atoms in total. The number of hydrogen-bond donors (Lipinski definition) is 3. The van der Waals surface area contributed by atoms with Crippen molar-refractivity contribution in [1.82, 2.24) is 0 Å². The van der Waals surface area contributed by atoms with Crippen molar-refractivity contribution in [3.8, 4) is 5.75 Å². The number of carbonyl (C=O) groups is 4. The zero-order chi connectivity index (χ0) is 19.0. The average Bonchev–Trinajstić information content (AvgIpc) is 2.29. The summed E-state index contributed by atoms with van der Waals surface area (Å²) >= 11 is 0.